The Hall–Kier alpha value is -0.870. The molecule has 18 heavy (non-hydrogen) atoms. The molecule has 1 aromatic rings. The fourth-order valence-electron chi connectivity index (χ4n) is 2.02. The van der Waals surface area contributed by atoms with Crippen LogP contribution in [0.15, 0.2) is 6.20 Å². The molecule has 1 rings (SSSR count). The molecule has 1 atom stereocenters. The van der Waals surface area contributed by atoms with Crippen LogP contribution < -0.4 is 5.32 Å². The van der Waals surface area contributed by atoms with Crippen molar-refractivity contribution in [2.45, 2.75) is 52.7 Å². The molecule has 0 saturated carbocycles. The molecule has 104 valence electrons. The lowest BCUT2D eigenvalue weighted by atomic mass is 10.1. The summed E-state index contributed by atoms with van der Waals surface area (Å²) in [6.07, 6.45) is 4.70. The Kier molecular flexibility index (Phi) is 6.36. The van der Waals surface area contributed by atoms with Crippen molar-refractivity contribution in [2.75, 3.05) is 13.2 Å². The van der Waals surface area contributed by atoms with Crippen molar-refractivity contribution in [1.82, 2.24) is 15.1 Å². The van der Waals surface area contributed by atoms with E-state index in [-0.39, 0.29) is 0 Å². The molecule has 0 aliphatic heterocycles. The molecule has 0 saturated heterocycles. The molecule has 0 aliphatic rings. The van der Waals surface area contributed by atoms with Gasteiger partial charge in [0.1, 0.15) is 0 Å². The van der Waals surface area contributed by atoms with Gasteiger partial charge in [-0.05, 0) is 47.1 Å². The van der Waals surface area contributed by atoms with Gasteiger partial charge in [-0.25, -0.2) is 0 Å². The summed E-state index contributed by atoms with van der Waals surface area (Å²) in [4.78, 5) is 0. The molecule has 1 N–H and O–H groups in total. The van der Waals surface area contributed by atoms with E-state index in [1.807, 2.05) is 11.7 Å². The number of ether oxygens (including phenoxy) is 1. The number of nitrogens with one attached hydrogen (secondary N) is 1. The highest BCUT2D eigenvalue weighted by molar-refractivity contribution is 5.19. The molecular formula is C14H27N3O. The largest absolute Gasteiger partial charge is 0.379 e. The van der Waals surface area contributed by atoms with Crippen LogP contribution in [0.4, 0.5) is 0 Å². The quantitative estimate of drug-likeness (QED) is 0.724. The molecule has 0 aliphatic carbocycles. The summed E-state index contributed by atoms with van der Waals surface area (Å²) in [5.74, 6) is 0. The Bertz CT molecular complexity index is 347. The van der Waals surface area contributed by atoms with Crippen LogP contribution in [-0.4, -0.2) is 29.0 Å². The van der Waals surface area contributed by atoms with Gasteiger partial charge >= 0.3 is 0 Å². The molecule has 4 heteroatoms. The molecule has 4 nitrogen and oxygen atoms in total. The van der Waals surface area contributed by atoms with Gasteiger partial charge in [0.25, 0.3) is 0 Å². The predicted octanol–water partition coefficient (Wildman–Crippen LogP) is 2.58. The number of hydrogen-bond donors (Lipinski definition) is 1. The average molecular weight is 253 g/mol. The minimum absolute atomic E-state index is 0.343. The smallest absolute Gasteiger partial charge is 0.0641 e. The van der Waals surface area contributed by atoms with Crippen LogP contribution in [-0.2, 0) is 11.8 Å². The second-order valence-corrected chi connectivity index (χ2v) is 5.15. The number of hydrogen-bond acceptors (Lipinski definition) is 3. The predicted molar refractivity (Wildman–Crippen MR) is 74.7 cm³/mol. The molecule has 0 spiro atoms. The first-order valence-electron chi connectivity index (χ1n) is 6.86. The Labute approximate surface area is 111 Å². The van der Waals surface area contributed by atoms with Gasteiger partial charge < -0.3 is 10.1 Å². The van der Waals surface area contributed by atoms with E-state index in [0.29, 0.717) is 12.1 Å². The third-order valence-corrected chi connectivity index (χ3v) is 2.99. The highest BCUT2D eigenvalue weighted by Gasteiger charge is 2.10. The van der Waals surface area contributed by atoms with Crippen molar-refractivity contribution in [1.29, 1.82) is 0 Å². The monoisotopic (exact) mass is 253 g/mol. The maximum Gasteiger partial charge on any atom is 0.0641 e. The minimum Gasteiger partial charge on any atom is -0.379 e. The lowest BCUT2D eigenvalue weighted by Gasteiger charge is -2.13. The van der Waals surface area contributed by atoms with Crippen LogP contribution >= 0.6 is 0 Å². The Morgan fingerprint density at radius 1 is 1.33 bits per heavy atom. The summed E-state index contributed by atoms with van der Waals surface area (Å²) in [6, 6.07) is 0.365. The van der Waals surface area contributed by atoms with E-state index in [9.17, 15) is 0 Å². The zero-order chi connectivity index (χ0) is 13.5. The van der Waals surface area contributed by atoms with Gasteiger partial charge in [-0.1, -0.05) is 0 Å². The summed E-state index contributed by atoms with van der Waals surface area (Å²) in [6.45, 7) is 10.3. The van der Waals surface area contributed by atoms with Gasteiger partial charge in [0.2, 0.25) is 0 Å². The third kappa shape index (κ3) is 5.19. The standard InChI is InChI=1S/C14H27N3O/c1-11(2)18-9-7-6-8-15-12(3)14-10-17(5)16-13(14)4/h10-12,15H,6-9H2,1-5H3. The molecule has 1 heterocycles. The summed E-state index contributed by atoms with van der Waals surface area (Å²) >= 11 is 0. The van der Waals surface area contributed by atoms with E-state index in [2.05, 4.69) is 44.3 Å². The highest BCUT2D eigenvalue weighted by Crippen LogP contribution is 2.15. The average Bonchev–Trinajstić information content (AvgIpc) is 2.62. The normalized spacial score (nSPS) is 13.2. The zero-order valence-corrected chi connectivity index (χ0v) is 12.4. The molecular weight excluding hydrogens is 226 g/mol. The van der Waals surface area contributed by atoms with Crippen LogP contribution in [0, 0.1) is 6.92 Å². The maximum absolute atomic E-state index is 5.51. The highest BCUT2D eigenvalue weighted by atomic mass is 16.5. The number of rotatable bonds is 8. The fourth-order valence-corrected chi connectivity index (χ4v) is 2.02. The van der Waals surface area contributed by atoms with Crippen LogP contribution in [0.25, 0.3) is 0 Å². The van der Waals surface area contributed by atoms with E-state index in [0.717, 1.165) is 31.7 Å². The van der Waals surface area contributed by atoms with E-state index in [1.165, 1.54) is 5.56 Å². The van der Waals surface area contributed by atoms with Crippen LogP contribution in [0.5, 0.6) is 0 Å². The lowest BCUT2D eigenvalue weighted by molar-refractivity contribution is 0.0759. The maximum atomic E-state index is 5.51. The second kappa shape index (κ2) is 7.54. The van der Waals surface area contributed by atoms with Gasteiger partial charge in [-0.2, -0.15) is 5.10 Å². The number of aryl methyl sites for hydroxylation is 2. The molecule has 0 amide bonds. The summed E-state index contributed by atoms with van der Waals surface area (Å²) < 4.78 is 7.39. The SMILES string of the molecule is Cc1nn(C)cc1C(C)NCCCCOC(C)C. The van der Waals surface area contributed by atoms with E-state index in [1.54, 1.807) is 0 Å². The Morgan fingerprint density at radius 3 is 2.61 bits per heavy atom. The van der Waals surface area contributed by atoms with Crippen molar-refractivity contribution < 1.29 is 4.74 Å². The Morgan fingerprint density at radius 2 is 2.06 bits per heavy atom. The van der Waals surface area contributed by atoms with Crippen LogP contribution in [0.3, 0.4) is 0 Å². The molecule has 1 unspecified atom stereocenters. The summed E-state index contributed by atoms with van der Waals surface area (Å²) in [7, 11) is 1.96. The molecule has 0 radical (unpaired) electrons. The van der Waals surface area contributed by atoms with Gasteiger partial charge in [-0.3, -0.25) is 4.68 Å². The molecule has 0 aromatic carbocycles. The first kappa shape index (κ1) is 15.2. The summed E-state index contributed by atoms with van der Waals surface area (Å²) in [5, 5.41) is 7.90. The molecule has 0 fully saturated rings. The lowest BCUT2D eigenvalue weighted by Crippen LogP contribution is -2.20. The van der Waals surface area contributed by atoms with E-state index < -0.39 is 0 Å². The number of aromatic nitrogens is 2. The third-order valence-electron chi connectivity index (χ3n) is 2.99. The van der Waals surface area contributed by atoms with Crippen LogP contribution in [0.1, 0.15) is 50.9 Å². The van der Waals surface area contributed by atoms with Crippen LogP contribution in [0.2, 0.25) is 0 Å². The van der Waals surface area contributed by atoms with Crippen molar-refractivity contribution in [3.05, 3.63) is 17.5 Å². The number of unbranched alkanes of at least 4 members (excludes halogenated alkanes) is 1. The summed E-state index contributed by atoms with van der Waals surface area (Å²) in [5.41, 5.74) is 2.40. The van der Waals surface area contributed by atoms with Gasteiger partial charge in [0, 0.05) is 31.5 Å². The van der Waals surface area contributed by atoms with Crippen molar-refractivity contribution in [3.8, 4) is 0 Å². The number of nitrogens with zero attached hydrogens (tertiary/aromatic N) is 2. The minimum atomic E-state index is 0.343. The van der Waals surface area contributed by atoms with Crippen molar-refractivity contribution in [3.63, 3.8) is 0 Å². The first-order chi connectivity index (χ1) is 8.50. The van der Waals surface area contributed by atoms with Gasteiger partial charge in [0.15, 0.2) is 0 Å². The zero-order valence-electron chi connectivity index (χ0n) is 12.4. The molecule has 0 bridgehead atoms. The molecule has 1 aromatic heterocycles. The van der Waals surface area contributed by atoms with Gasteiger partial charge in [0.05, 0.1) is 11.8 Å². The van der Waals surface area contributed by atoms with Crippen molar-refractivity contribution in [2.24, 2.45) is 7.05 Å². The van der Waals surface area contributed by atoms with E-state index >= 15 is 0 Å². The fraction of sp³-hybridized carbons (Fsp3) is 0.786. The van der Waals surface area contributed by atoms with Gasteiger partial charge in [-0.15, -0.1) is 0 Å². The van der Waals surface area contributed by atoms with Crippen molar-refractivity contribution >= 4 is 0 Å². The Balaban J connectivity index is 2.17. The topological polar surface area (TPSA) is 39.1 Å². The second-order valence-electron chi connectivity index (χ2n) is 5.15. The van der Waals surface area contributed by atoms with E-state index in [4.69, 9.17) is 4.74 Å². The first-order valence-corrected chi connectivity index (χ1v) is 6.86.